The first-order valence-corrected chi connectivity index (χ1v) is 7.86. The SMILES string of the molecule is CCCCNCc1ccc(-c2ccc(F)cc2)n(CC)c1=O. The third-order valence-electron chi connectivity index (χ3n) is 3.73. The van der Waals surface area contributed by atoms with E-state index in [0.29, 0.717) is 13.1 Å². The van der Waals surface area contributed by atoms with E-state index >= 15 is 0 Å². The zero-order valence-corrected chi connectivity index (χ0v) is 13.2. The van der Waals surface area contributed by atoms with E-state index < -0.39 is 0 Å². The van der Waals surface area contributed by atoms with Crippen molar-refractivity contribution in [3.05, 3.63) is 58.1 Å². The Balaban J connectivity index is 2.28. The minimum Gasteiger partial charge on any atom is -0.312 e. The maximum atomic E-state index is 13.1. The molecule has 1 aromatic heterocycles. The van der Waals surface area contributed by atoms with Crippen molar-refractivity contribution in [2.75, 3.05) is 6.54 Å². The van der Waals surface area contributed by atoms with Crippen LogP contribution in [-0.2, 0) is 13.1 Å². The third-order valence-corrected chi connectivity index (χ3v) is 3.73. The molecular formula is C18H23FN2O. The standard InChI is InChI=1S/C18H23FN2O/c1-3-5-12-20-13-15-8-11-17(21(4-2)18(15)22)14-6-9-16(19)10-7-14/h6-11,20H,3-5,12-13H2,1-2H3. The lowest BCUT2D eigenvalue weighted by molar-refractivity contribution is 0.626. The Morgan fingerprint density at radius 3 is 2.45 bits per heavy atom. The summed E-state index contributed by atoms with van der Waals surface area (Å²) in [6.45, 7) is 6.19. The summed E-state index contributed by atoms with van der Waals surface area (Å²) in [5.41, 5.74) is 2.47. The predicted octanol–water partition coefficient (Wildman–Crippen LogP) is 3.56. The molecule has 22 heavy (non-hydrogen) atoms. The van der Waals surface area contributed by atoms with Crippen molar-refractivity contribution in [1.29, 1.82) is 0 Å². The number of rotatable bonds is 7. The fourth-order valence-electron chi connectivity index (χ4n) is 2.47. The predicted molar refractivity (Wildman–Crippen MR) is 88.4 cm³/mol. The molecule has 0 atom stereocenters. The van der Waals surface area contributed by atoms with Gasteiger partial charge in [-0.05, 0) is 55.8 Å². The fourth-order valence-corrected chi connectivity index (χ4v) is 2.47. The van der Waals surface area contributed by atoms with E-state index in [2.05, 4.69) is 12.2 Å². The number of nitrogens with zero attached hydrogens (tertiary/aromatic N) is 1. The molecule has 4 heteroatoms. The van der Waals surface area contributed by atoms with Crippen LogP contribution in [0.25, 0.3) is 11.3 Å². The van der Waals surface area contributed by atoms with Gasteiger partial charge in [-0.1, -0.05) is 19.4 Å². The Labute approximate surface area is 130 Å². The Hall–Kier alpha value is -1.94. The molecule has 0 spiro atoms. The maximum absolute atomic E-state index is 13.1. The summed E-state index contributed by atoms with van der Waals surface area (Å²) in [6.07, 6.45) is 2.24. The Kier molecular flexibility index (Phi) is 5.90. The van der Waals surface area contributed by atoms with Crippen LogP contribution in [0.3, 0.4) is 0 Å². The van der Waals surface area contributed by atoms with E-state index in [1.807, 2.05) is 19.1 Å². The molecule has 1 heterocycles. The van der Waals surface area contributed by atoms with Crippen LogP contribution in [0.5, 0.6) is 0 Å². The highest BCUT2D eigenvalue weighted by molar-refractivity contribution is 5.59. The van der Waals surface area contributed by atoms with Crippen LogP contribution < -0.4 is 10.9 Å². The number of halogens is 1. The number of aromatic nitrogens is 1. The molecule has 0 saturated heterocycles. The molecule has 2 rings (SSSR count). The van der Waals surface area contributed by atoms with Gasteiger partial charge in [0.2, 0.25) is 0 Å². The van der Waals surface area contributed by atoms with E-state index in [1.165, 1.54) is 12.1 Å². The van der Waals surface area contributed by atoms with Crippen LogP contribution in [0, 0.1) is 5.82 Å². The van der Waals surface area contributed by atoms with Gasteiger partial charge >= 0.3 is 0 Å². The van der Waals surface area contributed by atoms with Gasteiger partial charge in [0.25, 0.3) is 5.56 Å². The average Bonchev–Trinajstić information content (AvgIpc) is 2.53. The Bertz CT molecular complexity index is 662. The number of hydrogen-bond acceptors (Lipinski definition) is 2. The summed E-state index contributed by atoms with van der Waals surface area (Å²) in [4.78, 5) is 12.6. The summed E-state index contributed by atoms with van der Waals surface area (Å²) in [5.74, 6) is -0.272. The van der Waals surface area contributed by atoms with Crippen LogP contribution in [0.4, 0.5) is 4.39 Å². The van der Waals surface area contributed by atoms with Gasteiger partial charge < -0.3 is 9.88 Å². The number of nitrogens with one attached hydrogen (secondary N) is 1. The summed E-state index contributed by atoms with van der Waals surface area (Å²) in [5, 5.41) is 3.30. The summed E-state index contributed by atoms with van der Waals surface area (Å²) in [7, 11) is 0. The molecule has 2 aromatic rings. The molecule has 0 saturated carbocycles. The second kappa shape index (κ2) is 7.90. The highest BCUT2D eigenvalue weighted by atomic mass is 19.1. The van der Waals surface area contributed by atoms with Crippen LogP contribution in [0.2, 0.25) is 0 Å². The lowest BCUT2D eigenvalue weighted by Gasteiger charge is -2.13. The van der Waals surface area contributed by atoms with Crippen molar-refractivity contribution in [2.45, 2.75) is 39.8 Å². The molecule has 0 radical (unpaired) electrons. The third kappa shape index (κ3) is 3.83. The van der Waals surface area contributed by atoms with Gasteiger partial charge in [-0.25, -0.2) is 4.39 Å². The number of unbranched alkanes of at least 4 members (excludes halogenated alkanes) is 1. The first-order chi connectivity index (χ1) is 10.7. The van der Waals surface area contributed by atoms with Crippen LogP contribution >= 0.6 is 0 Å². The van der Waals surface area contributed by atoms with Crippen molar-refractivity contribution < 1.29 is 4.39 Å². The molecule has 0 amide bonds. The molecule has 0 unspecified atom stereocenters. The quantitative estimate of drug-likeness (QED) is 0.793. The number of pyridine rings is 1. The van der Waals surface area contributed by atoms with Crippen LogP contribution in [0.1, 0.15) is 32.3 Å². The average molecular weight is 302 g/mol. The Morgan fingerprint density at radius 2 is 1.82 bits per heavy atom. The van der Waals surface area contributed by atoms with E-state index in [9.17, 15) is 9.18 Å². The number of hydrogen-bond donors (Lipinski definition) is 1. The topological polar surface area (TPSA) is 34.0 Å². The molecule has 0 fully saturated rings. The molecular weight excluding hydrogens is 279 g/mol. The summed E-state index contributed by atoms with van der Waals surface area (Å²) < 4.78 is 14.8. The smallest absolute Gasteiger partial charge is 0.255 e. The minimum atomic E-state index is -0.272. The van der Waals surface area contributed by atoms with Crippen molar-refractivity contribution >= 4 is 0 Å². The highest BCUT2D eigenvalue weighted by Gasteiger charge is 2.09. The lowest BCUT2D eigenvalue weighted by Crippen LogP contribution is -2.28. The number of benzene rings is 1. The van der Waals surface area contributed by atoms with Crippen molar-refractivity contribution in [3.63, 3.8) is 0 Å². The van der Waals surface area contributed by atoms with Crippen molar-refractivity contribution in [1.82, 2.24) is 9.88 Å². The second-order valence-electron chi connectivity index (χ2n) is 5.33. The molecule has 0 aliphatic heterocycles. The summed E-state index contributed by atoms with van der Waals surface area (Å²) in [6, 6.07) is 10.0. The molecule has 0 aliphatic rings. The van der Waals surface area contributed by atoms with Crippen LogP contribution in [0.15, 0.2) is 41.2 Å². The molecule has 118 valence electrons. The maximum Gasteiger partial charge on any atom is 0.255 e. The van der Waals surface area contributed by atoms with E-state index in [4.69, 9.17) is 0 Å². The zero-order valence-electron chi connectivity index (χ0n) is 13.2. The molecule has 0 aliphatic carbocycles. The Morgan fingerprint density at radius 1 is 1.09 bits per heavy atom. The van der Waals surface area contributed by atoms with Gasteiger partial charge in [0, 0.05) is 18.7 Å². The van der Waals surface area contributed by atoms with E-state index in [1.54, 1.807) is 16.7 Å². The largest absolute Gasteiger partial charge is 0.312 e. The molecule has 0 bridgehead atoms. The van der Waals surface area contributed by atoms with Gasteiger partial charge in [0.15, 0.2) is 0 Å². The monoisotopic (exact) mass is 302 g/mol. The molecule has 1 aromatic carbocycles. The van der Waals surface area contributed by atoms with Gasteiger partial charge in [-0.3, -0.25) is 4.79 Å². The first kappa shape index (κ1) is 16.4. The second-order valence-corrected chi connectivity index (χ2v) is 5.33. The van der Waals surface area contributed by atoms with Gasteiger partial charge in [-0.15, -0.1) is 0 Å². The highest BCUT2D eigenvalue weighted by Crippen LogP contribution is 2.18. The fraction of sp³-hybridized carbons (Fsp3) is 0.389. The zero-order chi connectivity index (χ0) is 15.9. The van der Waals surface area contributed by atoms with Crippen LogP contribution in [-0.4, -0.2) is 11.1 Å². The first-order valence-electron chi connectivity index (χ1n) is 7.86. The van der Waals surface area contributed by atoms with E-state index in [-0.39, 0.29) is 11.4 Å². The van der Waals surface area contributed by atoms with Crippen molar-refractivity contribution in [2.24, 2.45) is 0 Å². The lowest BCUT2D eigenvalue weighted by atomic mass is 10.1. The van der Waals surface area contributed by atoms with E-state index in [0.717, 1.165) is 36.2 Å². The summed E-state index contributed by atoms with van der Waals surface area (Å²) >= 11 is 0. The van der Waals surface area contributed by atoms with Crippen molar-refractivity contribution in [3.8, 4) is 11.3 Å². The molecule has 3 nitrogen and oxygen atoms in total. The van der Waals surface area contributed by atoms with Gasteiger partial charge in [0.05, 0.1) is 5.69 Å². The van der Waals surface area contributed by atoms with Gasteiger partial charge in [0.1, 0.15) is 5.82 Å². The minimum absolute atomic E-state index is 0.0216. The van der Waals surface area contributed by atoms with Gasteiger partial charge in [-0.2, -0.15) is 0 Å². The molecule has 1 N–H and O–H groups in total. The normalized spacial score (nSPS) is 10.9.